The van der Waals surface area contributed by atoms with Gasteiger partial charge in [-0.15, -0.1) is 0 Å². The lowest BCUT2D eigenvalue weighted by Crippen LogP contribution is -1.91. The molecule has 5 heteroatoms. The van der Waals surface area contributed by atoms with Crippen molar-refractivity contribution in [2.75, 3.05) is 0 Å². The molecule has 2 nitrogen and oxygen atoms in total. The van der Waals surface area contributed by atoms with E-state index in [0.29, 0.717) is 21.1 Å². The number of aromatic nitrogens is 2. The number of H-pyrrole nitrogens is 1. The SMILES string of the molecule is Cc1cc(-c2cc(F)cc(Cl)c2)nc(=S)[nH]1. The van der Waals surface area contributed by atoms with Crippen LogP contribution in [0.4, 0.5) is 4.39 Å². The number of nitrogens with zero attached hydrogens (tertiary/aromatic N) is 1. The first kappa shape index (κ1) is 11.2. The summed E-state index contributed by atoms with van der Waals surface area (Å²) >= 11 is 10.7. The molecule has 0 fully saturated rings. The van der Waals surface area contributed by atoms with Crippen molar-refractivity contribution in [3.63, 3.8) is 0 Å². The van der Waals surface area contributed by atoms with E-state index in [1.165, 1.54) is 12.1 Å². The van der Waals surface area contributed by atoms with Gasteiger partial charge in [0.1, 0.15) is 5.82 Å². The molecule has 0 amide bonds. The first-order valence-electron chi connectivity index (χ1n) is 4.59. The maximum atomic E-state index is 13.2. The second-order valence-corrected chi connectivity index (χ2v) is 4.24. The van der Waals surface area contributed by atoms with E-state index < -0.39 is 0 Å². The predicted octanol–water partition coefficient (Wildman–Crippen LogP) is 3.91. The molecule has 0 unspecified atom stereocenters. The summed E-state index contributed by atoms with van der Waals surface area (Å²) in [6.07, 6.45) is 0. The molecule has 0 aliphatic rings. The van der Waals surface area contributed by atoms with Gasteiger partial charge in [0.05, 0.1) is 5.69 Å². The standard InChI is InChI=1S/C11H8ClFN2S/c1-6-2-10(15-11(16)14-6)7-3-8(12)5-9(13)4-7/h2-5H,1H3,(H,14,15,16). The van der Waals surface area contributed by atoms with Gasteiger partial charge < -0.3 is 4.98 Å². The largest absolute Gasteiger partial charge is 0.335 e. The summed E-state index contributed by atoms with van der Waals surface area (Å²) in [6.45, 7) is 1.86. The second kappa shape index (κ2) is 4.31. The molecule has 1 aromatic heterocycles. The number of aromatic amines is 1. The molecule has 0 atom stereocenters. The first-order valence-corrected chi connectivity index (χ1v) is 5.37. The van der Waals surface area contributed by atoms with Gasteiger partial charge in [0.2, 0.25) is 0 Å². The molecule has 0 aliphatic carbocycles. The summed E-state index contributed by atoms with van der Waals surface area (Å²) in [5.41, 5.74) is 2.10. The van der Waals surface area contributed by atoms with E-state index in [1.54, 1.807) is 12.1 Å². The Balaban J connectivity index is 2.62. The zero-order chi connectivity index (χ0) is 11.7. The molecule has 1 heterocycles. The van der Waals surface area contributed by atoms with E-state index >= 15 is 0 Å². The van der Waals surface area contributed by atoms with Gasteiger partial charge in [0.15, 0.2) is 4.77 Å². The number of halogens is 2. The van der Waals surface area contributed by atoms with Crippen LogP contribution in [0.3, 0.4) is 0 Å². The lowest BCUT2D eigenvalue weighted by atomic mass is 10.1. The van der Waals surface area contributed by atoms with E-state index in [9.17, 15) is 4.39 Å². The molecule has 2 rings (SSSR count). The van der Waals surface area contributed by atoms with E-state index in [2.05, 4.69) is 9.97 Å². The smallest absolute Gasteiger partial charge is 0.197 e. The fourth-order valence-electron chi connectivity index (χ4n) is 1.43. The third-order valence-electron chi connectivity index (χ3n) is 2.04. The zero-order valence-electron chi connectivity index (χ0n) is 8.42. The van der Waals surface area contributed by atoms with Gasteiger partial charge >= 0.3 is 0 Å². The fraction of sp³-hybridized carbons (Fsp3) is 0.0909. The van der Waals surface area contributed by atoms with Crippen LogP contribution in [-0.2, 0) is 0 Å². The van der Waals surface area contributed by atoms with Crippen molar-refractivity contribution in [1.82, 2.24) is 9.97 Å². The molecule has 16 heavy (non-hydrogen) atoms. The Kier molecular flexibility index (Phi) is 3.03. The normalized spacial score (nSPS) is 10.4. The lowest BCUT2D eigenvalue weighted by Gasteiger charge is -2.03. The highest BCUT2D eigenvalue weighted by molar-refractivity contribution is 7.71. The minimum atomic E-state index is -0.388. The molecular weight excluding hydrogens is 247 g/mol. The third-order valence-corrected chi connectivity index (χ3v) is 2.45. The molecule has 0 radical (unpaired) electrons. The number of hydrogen-bond acceptors (Lipinski definition) is 2. The quantitative estimate of drug-likeness (QED) is 0.782. The monoisotopic (exact) mass is 254 g/mol. The van der Waals surface area contributed by atoms with Crippen molar-refractivity contribution in [2.24, 2.45) is 0 Å². The molecule has 1 N–H and O–H groups in total. The Bertz CT molecular complexity index is 575. The summed E-state index contributed by atoms with van der Waals surface area (Å²) in [5.74, 6) is -0.388. The van der Waals surface area contributed by atoms with Gasteiger partial charge in [0.25, 0.3) is 0 Å². The van der Waals surface area contributed by atoms with Crippen molar-refractivity contribution in [2.45, 2.75) is 6.92 Å². The van der Waals surface area contributed by atoms with Gasteiger partial charge in [-0.2, -0.15) is 0 Å². The van der Waals surface area contributed by atoms with Crippen LogP contribution in [-0.4, -0.2) is 9.97 Å². The number of benzene rings is 1. The number of hydrogen-bond donors (Lipinski definition) is 1. The third kappa shape index (κ3) is 2.46. The summed E-state index contributed by atoms with van der Waals surface area (Å²) in [5, 5.41) is 0.341. The van der Waals surface area contributed by atoms with Gasteiger partial charge in [0, 0.05) is 16.3 Å². The Labute approximate surface area is 102 Å². The van der Waals surface area contributed by atoms with Crippen LogP contribution in [0.25, 0.3) is 11.3 Å². The van der Waals surface area contributed by atoms with Crippen LogP contribution >= 0.6 is 23.8 Å². The Morgan fingerprint density at radius 2 is 2.06 bits per heavy atom. The Morgan fingerprint density at radius 1 is 1.31 bits per heavy atom. The lowest BCUT2D eigenvalue weighted by molar-refractivity contribution is 0.628. The van der Waals surface area contributed by atoms with Gasteiger partial charge in [-0.3, -0.25) is 0 Å². The maximum Gasteiger partial charge on any atom is 0.197 e. The van der Waals surface area contributed by atoms with Crippen LogP contribution in [0.1, 0.15) is 5.69 Å². The van der Waals surface area contributed by atoms with Crippen LogP contribution in [0.5, 0.6) is 0 Å². The van der Waals surface area contributed by atoms with Gasteiger partial charge in [-0.25, -0.2) is 9.37 Å². The molecule has 1 aromatic carbocycles. The number of rotatable bonds is 1. The van der Waals surface area contributed by atoms with E-state index in [4.69, 9.17) is 23.8 Å². The second-order valence-electron chi connectivity index (χ2n) is 3.41. The number of aryl methyl sites for hydroxylation is 1. The molecule has 0 aliphatic heterocycles. The molecule has 0 saturated carbocycles. The predicted molar refractivity (Wildman–Crippen MR) is 64.6 cm³/mol. The van der Waals surface area contributed by atoms with E-state index in [-0.39, 0.29) is 5.82 Å². The summed E-state index contributed by atoms with van der Waals surface area (Å²) < 4.78 is 13.5. The number of nitrogens with one attached hydrogen (secondary N) is 1. The molecule has 0 bridgehead atoms. The van der Waals surface area contributed by atoms with Gasteiger partial charge in [-0.05, 0) is 43.4 Å². The average Bonchev–Trinajstić information content (AvgIpc) is 2.14. The molecule has 2 aromatic rings. The first-order chi connectivity index (χ1) is 7.54. The minimum Gasteiger partial charge on any atom is -0.335 e. The van der Waals surface area contributed by atoms with Crippen molar-refractivity contribution in [3.05, 3.63) is 45.6 Å². The van der Waals surface area contributed by atoms with Crippen LogP contribution < -0.4 is 0 Å². The highest BCUT2D eigenvalue weighted by Crippen LogP contribution is 2.22. The van der Waals surface area contributed by atoms with Crippen LogP contribution in [0.15, 0.2) is 24.3 Å². The average molecular weight is 255 g/mol. The summed E-state index contributed by atoms with van der Waals surface area (Å²) in [4.78, 5) is 7.01. The maximum absolute atomic E-state index is 13.2. The highest BCUT2D eigenvalue weighted by Gasteiger charge is 2.04. The van der Waals surface area contributed by atoms with E-state index in [1.807, 2.05) is 6.92 Å². The van der Waals surface area contributed by atoms with Crippen molar-refractivity contribution in [3.8, 4) is 11.3 Å². The van der Waals surface area contributed by atoms with Crippen LogP contribution in [0, 0.1) is 17.5 Å². The summed E-state index contributed by atoms with van der Waals surface area (Å²) in [7, 11) is 0. The van der Waals surface area contributed by atoms with Crippen molar-refractivity contribution in [1.29, 1.82) is 0 Å². The molecule has 0 saturated heterocycles. The molecular formula is C11H8ClFN2S. The van der Waals surface area contributed by atoms with Crippen LogP contribution in [0.2, 0.25) is 5.02 Å². The molecule has 0 spiro atoms. The fourth-order valence-corrected chi connectivity index (χ4v) is 1.91. The highest BCUT2D eigenvalue weighted by atomic mass is 35.5. The minimum absolute atomic E-state index is 0.341. The Hall–Kier alpha value is -1.26. The van der Waals surface area contributed by atoms with Gasteiger partial charge in [-0.1, -0.05) is 11.6 Å². The van der Waals surface area contributed by atoms with Crippen molar-refractivity contribution >= 4 is 23.8 Å². The zero-order valence-corrected chi connectivity index (χ0v) is 9.99. The topological polar surface area (TPSA) is 28.7 Å². The Morgan fingerprint density at radius 3 is 2.69 bits per heavy atom. The summed E-state index contributed by atoms with van der Waals surface area (Å²) in [6, 6.07) is 6.08. The van der Waals surface area contributed by atoms with E-state index in [0.717, 1.165) is 5.69 Å². The van der Waals surface area contributed by atoms with Crippen molar-refractivity contribution < 1.29 is 4.39 Å². The molecule has 82 valence electrons.